The lowest BCUT2D eigenvalue weighted by atomic mass is 10.1. The van der Waals surface area contributed by atoms with Gasteiger partial charge < -0.3 is 0 Å². The van der Waals surface area contributed by atoms with Gasteiger partial charge in [-0.3, -0.25) is 4.99 Å². The number of hydrogen-bond acceptors (Lipinski definition) is 2. The molecular weight excluding hydrogens is 142 g/mol. The van der Waals surface area contributed by atoms with Crippen LogP contribution in [0.1, 0.15) is 32.6 Å². The highest BCUT2D eigenvalue weighted by atomic mass is 32.2. The molecular formula is C8H14NS. The molecule has 0 saturated heterocycles. The fourth-order valence-corrected chi connectivity index (χ4v) is 1.79. The van der Waals surface area contributed by atoms with E-state index in [0.717, 1.165) is 0 Å². The van der Waals surface area contributed by atoms with Crippen LogP contribution in [-0.2, 0) is 0 Å². The molecule has 1 heterocycles. The predicted octanol–water partition coefficient (Wildman–Crippen LogP) is 2.59. The van der Waals surface area contributed by atoms with E-state index in [1.165, 1.54) is 31.4 Å². The van der Waals surface area contributed by atoms with Crippen LogP contribution in [-0.4, -0.2) is 17.3 Å². The first-order valence-electron chi connectivity index (χ1n) is 4.00. The van der Waals surface area contributed by atoms with Gasteiger partial charge in [0, 0.05) is 5.75 Å². The zero-order valence-electron chi connectivity index (χ0n) is 6.47. The molecule has 1 radical (unpaired) electrons. The molecule has 1 rings (SSSR count). The lowest BCUT2D eigenvalue weighted by Gasteiger charge is -2.03. The van der Waals surface area contributed by atoms with Crippen LogP contribution in [0.4, 0.5) is 0 Å². The summed E-state index contributed by atoms with van der Waals surface area (Å²) < 4.78 is 0. The van der Waals surface area contributed by atoms with Crippen molar-refractivity contribution in [1.82, 2.24) is 0 Å². The van der Waals surface area contributed by atoms with Gasteiger partial charge in [0.25, 0.3) is 0 Å². The Morgan fingerprint density at radius 1 is 1.60 bits per heavy atom. The van der Waals surface area contributed by atoms with Crippen molar-refractivity contribution in [2.24, 2.45) is 4.99 Å². The maximum atomic E-state index is 4.22. The Morgan fingerprint density at radius 3 is 3.10 bits per heavy atom. The lowest BCUT2D eigenvalue weighted by molar-refractivity contribution is 0.604. The first-order chi connectivity index (χ1) is 4.93. The summed E-state index contributed by atoms with van der Waals surface area (Å²) in [6.07, 6.45) is 5.28. The van der Waals surface area contributed by atoms with Crippen molar-refractivity contribution in [3.63, 3.8) is 0 Å². The predicted molar refractivity (Wildman–Crippen MR) is 47.8 cm³/mol. The third kappa shape index (κ3) is 2.74. The average molecular weight is 156 g/mol. The van der Waals surface area contributed by atoms with Gasteiger partial charge in [-0.25, -0.2) is 0 Å². The minimum absolute atomic E-state index is 0.594. The molecule has 1 aliphatic rings. The molecule has 2 heteroatoms. The van der Waals surface area contributed by atoms with Crippen LogP contribution in [0.3, 0.4) is 0 Å². The van der Waals surface area contributed by atoms with Crippen molar-refractivity contribution in [3.05, 3.63) is 0 Å². The lowest BCUT2D eigenvalue weighted by Crippen LogP contribution is -2.02. The summed E-state index contributed by atoms with van der Waals surface area (Å²) in [4.78, 5) is 4.22. The Labute approximate surface area is 67.3 Å². The van der Waals surface area contributed by atoms with E-state index in [-0.39, 0.29) is 0 Å². The maximum Gasteiger partial charge on any atom is 0.123 e. The Bertz CT molecular complexity index is 112. The summed E-state index contributed by atoms with van der Waals surface area (Å²) in [5.41, 5.74) is 2.94. The van der Waals surface area contributed by atoms with Crippen LogP contribution in [0.15, 0.2) is 4.99 Å². The minimum Gasteiger partial charge on any atom is -0.271 e. The van der Waals surface area contributed by atoms with Crippen molar-refractivity contribution in [2.45, 2.75) is 38.6 Å². The standard InChI is InChI=1S/C8H14NS/c1-2-3-4-5-8-6-10-7-9-8/h8H,2-6H2,1H3. The van der Waals surface area contributed by atoms with Crippen molar-refractivity contribution in [2.75, 3.05) is 5.75 Å². The molecule has 0 bridgehead atoms. The molecule has 0 aromatic heterocycles. The maximum absolute atomic E-state index is 4.22. The fourth-order valence-electron chi connectivity index (χ4n) is 1.06. The van der Waals surface area contributed by atoms with Crippen molar-refractivity contribution >= 4 is 17.3 Å². The Morgan fingerprint density at radius 2 is 2.50 bits per heavy atom. The third-order valence-electron chi connectivity index (χ3n) is 1.72. The highest BCUT2D eigenvalue weighted by molar-refractivity contribution is 8.12. The minimum atomic E-state index is 0.594. The molecule has 0 aromatic carbocycles. The molecule has 1 aliphatic heterocycles. The molecule has 0 spiro atoms. The van der Waals surface area contributed by atoms with Gasteiger partial charge in [-0.05, 0) is 6.42 Å². The van der Waals surface area contributed by atoms with Gasteiger partial charge in [0.15, 0.2) is 0 Å². The molecule has 0 N–H and O–H groups in total. The van der Waals surface area contributed by atoms with Gasteiger partial charge in [-0.15, -0.1) is 11.8 Å². The number of hydrogen-bond donors (Lipinski definition) is 0. The Kier molecular flexibility index (Phi) is 3.88. The van der Waals surface area contributed by atoms with Gasteiger partial charge in [0.05, 0.1) is 6.04 Å². The van der Waals surface area contributed by atoms with E-state index < -0.39 is 0 Å². The van der Waals surface area contributed by atoms with Crippen LogP contribution >= 0.6 is 11.8 Å². The summed E-state index contributed by atoms with van der Waals surface area (Å²) in [5, 5.41) is 0. The molecule has 1 atom stereocenters. The highest BCUT2D eigenvalue weighted by Gasteiger charge is 2.09. The number of nitrogens with zero attached hydrogens (tertiary/aromatic N) is 1. The molecule has 10 heavy (non-hydrogen) atoms. The first-order valence-corrected chi connectivity index (χ1v) is 4.98. The normalized spacial score (nSPS) is 23.9. The van der Waals surface area contributed by atoms with Gasteiger partial charge in [-0.1, -0.05) is 26.2 Å². The molecule has 0 amide bonds. The zero-order chi connectivity index (χ0) is 7.23. The average Bonchev–Trinajstić information content (AvgIpc) is 2.41. The van der Waals surface area contributed by atoms with E-state index in [9.17, 15) is 0 Å². The summed E-state index contributed by atoms with van der Waals surface area (Å²) >= 11 is 1.72. The van der Waals surface area contributed by atoms with E-state index in [1.54, 1.807) is 11.8 Å². The van der Waals surface area contributed by atoms with Crippen molar-refractivity contribution < 1.29 is 0 Å². The Hall–Kier alpha value is 0.0200. The molecule has 0 aromatic rings. The third-order valence-corrected chi connectivity index (χ3v) is 2.50. The van der Waals surface area contributed by atoms with E-state index in [1.807, 2.05) is 0 Å². The fraction of sp³-hybridized carbons (Fsp3) is 0.875. The first kappa shape index (κ1) is 8.12. The molecule has 0 aliphatic carbocycles. The summed E-state index contributed by atoms with van der Waals surface area (Å²) in [5.74, 6) is 1.17. The highest BCUT2D eigenvalue weighted by Crippen LogP contribution is 2.16. The number of thioether (sulfide) groups is 1. The molecule has 1 unspecified atom stereocenters. The topological polar surface area (TPSA) is 12.4 Å². The zero-order valence-corrected chi connectivity index (χ0v) is 7.28. The van der Waals surface area contributed by atoms with Crippen LogP contribution in [0.5, 0.6) is 0 Å². The number of unbranched alkanes of at least 4 members (excludes halogenated alkanes) is 2. The second-order valence-electron chi connectivity index (χ2n) is 2.68. The van der Waals surface area contributed by atoms with Gasteiger partial charge >= 0.3 is 0 Å². The quantitative estimate of drug-likeness (QED) is 0.570. The summed E-state index contributed by atoms with van der Waals surface area (Å²) in [6, 6.07) is 0.594. The van der Waals surface area contributed by atoms with Crippen LogP contribution < -0.4 is 0 Å². The van der Waals surface area contributed by atoms with Gasteiger partial charge in [0.2, 0.25) is 0 Å². The second kappa shape index (κ2) is 4.78. The van der Waals surface area contributed by atoms with Crippen molar-refractivity contribution in [1.29, 1.82) is 0 Å². The van der Waals surface area contributed by atoms with Gasteiger partial charge in [0.1, 0.15) is 5.55 Å². The van der Waals surface area contributed by atoms with E-state index in [2.05, 4.69) is 17.5 Å². The largest absolute Gasteiger partial charge is 0.271 e. The van der Waals surface area contributed by atoms with Crippen LogP contribution in [0.2, 0.25) is 0 Å². The number of aliphatic imine (C=N–C) groups is 1. The van der Waals surface area contributed by atoms with E-state index in [0.29, 0.717) is 6.04 Å². The summed E-state index contributed by atoms with van der Waals surface area (Å²) in [7, 11) is 0. The van der Waals surface area contributed by atoms with E-state index in [4.69, 9.17) is 0 Å². The Balaban J connectivity index is 1.97. The summed E-state index contributed by atoms with van der Waals surface area (Å²) in [6.45, 7) is 2.23. The molecule has 1 nitrogen and oxygen atoms in total. The molecule has 0 fully saturated rings. The smallest absolute Gasteiger partial charge is 0.123 e. The monoisotopic (exact) mass is 156 g/mol. The SMILES string of the molecule is CCCCCC1CS[C]=N1. The molecule has 0 saturated carbocycles. The molecule has 57 valence electrons. The van der Waals surface area contributed by atoms with Crippen molar-refractivity contribution in [3.8, 4) is 0 Å². The van der Waals surface area contributed by atoms with Gasteiger partial charge in [-0.2, -0.15) is 0 Å². The van der Waals surface area contributed by atoms with E-state index >= 15 is 0 Å². The number of rotatable bonds is 4. The van der Waals surface area contributed by atoms with Crippen LogP contribution in [0, 0.1) is 0 Å². The van der Waals surface area contributed by atoms with Crippen LogP contribution in [0.25, 0.3) is 0 Å². The second-order valence-corrected chi connectivity index (χ2v) is 3.49.